The molecule has 1 saturated heterocycles. The van der Waals surface area contributed by atoms with Gasteiger partial charge in [0.2, 0.25) is 6.79 Å². The number of aromatic nitrogens is 2. The maximum absolute atomic E-state index is 12.9. The second-order valence-corrected chi connectivity index (χ2v) is 6.20. The Hall–Kier alpha value is -2.21. The summed E-state index contributed by atoms with van der Waals surface area (Å²) in [6, 6.07) is 3.41. The molecule has 7 heteroatoms. The normalized spacial score (nSPS) is 19.4. The summed E-state index contributed by atoms with van der Waals surface area (Å²) >= 11 is 6.19. The summed E-state index contributed by atoms with van der Waals surface area (Å²) < 4.78 is 12.4. The van der Waals surface area contributed by atoms with Gasteiger partial charge in [-0.05, 0) is 25.0 Å². The van der Waals surface area contributed by atoms with Crippen molar-refractivity contribution in [1.29, 1.82) is 0 Å². The molecule has 4 rings (SSSR count). The molecule has 0 aliphatic carbocycles. The lowest BCUT2D eigenvalue weighted by molar-refractivity contribution is 0.0735. The molecule has 0 spiro atoms. The lowest BCUT2D eigenvalue weighted by atomic mass is 10.1. The molecule has 0 unspecified atom stereocenters. The molecule has 0 N–H and O–H groups in total. The minimum Gasteiger partial charge on any atom is -0.454 e. The van der Waals surface area contributed by atoms with E-state index in [9.17, 15) is 4.79 Å². The third kappa shape index (κ3) is 2.43. The lowest BCUT2D eigenvalue weighted by Gasteiger charge is -2.24. The number of halogens is 1. The SMILES string of the molecule is Cn1cc([C@@H]2CCCN2C(=O)c2cc(Cl)c3c(c2)OCO3)cn1. The van der Waals surface area contributed by atoms with Crippen molar-refractivity contribution < 1.29 is 14.3 Å². The van der Waals surface area contributed by atoms with Gasteiger partial charge in [-0.1, -0.05) is 11.6 Å². The number of likely N-dealkylation sites (tertiary alicyclic amines) is 1. The van der Waals surface area contributed by atoms with Gasteiger partial charge in [0.15, 0.2) is 11.5 Å². The Bertz CT molecular complexity index is 774. The van der Waals surface area contributed by atoms with Gasteiger partial charge in [0.05, 0.1) is 17.3 Å². The van der Waals surface area contributed by atoms with Gasteiger partial charge in [-0.3, -0.25) is 9.48 Å². The fourth-order valence-corrected chi connectivity index (χ4v) is 3.49. The molecule has 0 radical (unpaired) electrons. The zero-order valence-corrected chi connectivity index (χ0v) is 13.4. The third-order valence-electron chi connectivity index (χ3n) is 4.30. The van der Waals surface area contributed by atoms with Gasteiger partial charge >= 0.3 is 0 Å². The van der Waals surface area contributed by atoms with Gasteiger partial charge in [-0.25, -0.2) is 0 Å². The second-order valence-electron chi connectivity index (χ2n) is 5.80. The number of hydrogen-bond acceptors (Lipinski definition) is 4. The second kappa shape index (κ2) is 5.45. The number of ether oxygens (including phenoxy) is 2. The van der Waals surface area contributed by atoms with Crippen molar-refractivity contribution in [3.8, 4) is 11.5 Å². The predicted octanol–water partition coefficient (Wildman–Crippen LogP) is 2.78. The Kier molecular flexibility index (Phi) is 3.41. The molecule has 2 aliphatic heterocycles. The minimum atomic E-state index is -0.0449. The monoisotopic (exact) mass is 333 g/mol. The number of hydrogen-bond donors (Lipinski definition) is 0. The highest BCUT2D eigenvalue weighted by Gasteiger charge is 2.32. The summed E-state index contributed by atoms with van der Waals surface area (Å²) in [5.41, 5.74) is 1.58. The van der Waals surface area contributed by atoms with Crippen LogP contribution in [0, 0.1) is 0 Å². The minimum absolute atomic E-state index is 0.0449. The maximum Gasteiger partial charge on any atom is 0.254 e. The average Bonchev–Trinajstić information content (AvgIpc) is 3.25. The van der Waals surface area contributed by atoms with E-state index in [1.165, 1.54) is 0 Å². The molecule has 2 aromatic rings. The first-order chi connectivity index (χ1) is 11.1. The first-order valence-corrected chi connectivity index (χ1v) is 7.90. The number of carbonyl (C=O) groups excluding carboxylic acids is 1. The van der Waals surface area contributed by atoms with Crippen LogP contribution in [0.2, 0.25) is 5.02 Å². The number of rotatable bonds is 2. The molecule has 1 fully saturated rings. The van der Waals surface area contributed by atoms with Crippen LogP contribution < -0.4 is 9.47 Å². The summed E-state index contributed by atoms with van der Waals surface area (Å²) in [5.74, 6) is 0.989. The number of nitrogens with zero attached hydrogens (tertiary/aromatic N) is 3. The van der Waals surface area contributed by atoms with Crippen LogP contribution in [0.15, 0.2) is 24.5 Å². The molecule has 23 heavy (non-hydrogen) atoms. The zero-order valence-electron chi connectivity index (χ0n) is 12.7. The molecular weight excluding hydrogens is 318 g/mol. The van der Waals surface area contributed by atoms with Crippen LogP contribution in [0.3, 0.4) is 0 Å². The number of fused-ring (bicyclic) bond motifs is 1. The number of carbonyl (C=O) groups is 1. The lowest BCUT2D eigenvalue weighted by Crippen LogP contribution is -2.30. The Labute approximate surface area is 138 Å². The van der Waals surface area contributed by atoms with E-state index in [1.54, 1.807) is 16.8 Å². The highest BCUT2D eigenvalue weighted by molar-refractivity contribution is 6.32. The first kappa shape index (κ1) is 14.4. The maximum atomic E-state index is 12.9. The van der Waals surface area contributed by atoms with Crippen molar-refractivity contribution in [2.45, 2.75) is 18.9 Å². The molecule has 3 heterocycles. The molecule has 0 bridgehead atoms. The molecular formula is C16H16ClN3O3. The van der Waals surface area contributed by atoms with E-state index in [0.29, 0.717) is 22.1 Å². The smallest absolute Gasteiger partial charge is 0.254 e. The summed E-state index contributed by atoms with van der Waals surface area (Å²) in [7, 11) is 1.88. The van der Waals surface area contributed by atoms with Crippen molar-refractivity contribution in [3.05, 3.63) is 40.7 Å². The van der Waals surface area contributed by atoms with Gasteiger partial charge in [0.25, 0.3) is 5.91 Å². The fourth-order valence-electron chi connectivity index (χ4n) is 3.23. The highest BCUT2D eigenvalue weighted by atomic mass is 35.5. The van der Waals surface area contributed by atoms with Gasteiger partial charge < -0.3 is 14.4 Å². The summed E-state index contributed by atoms with van der Waals surface area (Å²) in [5, 5.41) is 4.61. The molecule has 120 valence electrons. The van der Waals surface area contributed by atoms with E-state index in [0.717, 1.165) is 24.9 Å². The summed E-state index contributed by atoms with van der Waals surface area (Å²) in [6.07, 6.45) is 5.70. The van der Waals surface area contributed by atoms with Crippen LogP contribution >= 0.6 is 11.6 Å². The number of amides is 1. The van der Waals surface area contributed by atoms with E-state index < -0.39 is 0 Å². The van der Waals surface area contributed by atoms with E-state index in [2.05, 4.69) is 5.10 Å². The molecule has 1 amide bonds. The van der Waals surface area contributed by atoms with Crippen LogP contribution in [-0.4, -0.2) is 33.9 Å². The van der Waals surface area contributed by atoms with Crippen LogP contribution in [-0.2, 0) is 7.05 Å². The number of aryl methyl sites for hydroxylation is 1. The number of benzene rings is 1. The molecule has 0 saturated carbocycles. The van der Waals surface area contributed by atoms with Gasteiger partial charge in [0, 0.05) is 30.9 Å². The fraction of sp³-hybridized carbons (Fsp3) is 0.375. The first-order valence-electron chi connectivity index (χ1n) is 7.52. The Morgan fingerprint density at radius 1 is 1.39 bits per heavy atom. The summed E-state index contributed by atoms with van der Waals surface area (Å²) in [4.78, 5) is 14.8. The largest absolute Gasteiger partial charge is 0.454 e. The van der Waals surface area contributed by atoms with Crippen LogP contribution in [0.1, 0.15) is 34.8 Å². The standard InChI is InChI=1S/C16H16ClN3O3/c1-19-8-11(7-18-19)13-3-2-4-20(13)16(21)10-5-12(17)15-14(6-10)22-9-23-15/h5-8,13H,2-4,9H2,1H3/t13-/m0/s1. The topological polar surface area (TPSA) is 56.6 Å². The van der Waals surface area contributed by atoms with E-state index in [-0.39, 0.29) is 18.7 Å². The molecule has 6 nitrogen and oxygen atoms in total. The highest BCUT2D eigenvalue weighted by Crippen LogP contribution is 2.41. The van der Waals surface area contributed by atoms with Crippen molar-refractivity contribution >= 4 is 17.5 Å². The zero-order chi connectivity index (χ0) is 16.0. The van der Waals surface area contributed by atoms with E-state index in [1.807, 2.05) is 24.3 Å². The average molecular weight is 334 g/mol. The molecule has 2 aliphatic rings. The van der Waals surface area contributed by atoms with Crippen LogP contribution in [0.4, 0.5) is 0 Å². The Balaban J connectivity index is 1.65. The van der Waals surface area contributed by atoms with Gasteiger partial charge in [-0.15, -0.1) is 0 Å². The summed E-state index contributed by atoms with van der Waals surface area (Å²) in [6.45, 7) is 0.860. The van der Waals surface area contributed by atoms with Crippen molar-refractivity contribution in [2.24, 2.45) is 7.05 Å². The van der Waals surface area contributed by atoms with Gasteiger partial charge in [0.1, 0.15) is 0 Å². The van der Waals surface area contributed by atoms with Crippen molar-refractivity contribution in [3.63, 3.8) is 0 Å². The molecule has 1 aromatic carbocycles. The van der Waals surface area contributed by atoms with E-state index in [4.69, 9.17) is 21.1 Å². The molecule has 1 aromatic heterocycles. The van der Waals surface area contributed by atoms with Gasteiger partial charge in [-0.2, -0.15) is 5.10 Å². The Morgan fingerprint density at radius 3 is 3.04 bits per heavy atom. The predicted molar refractivity (Wildman–Crippen MR) is 83.8 cm³/mol. The molecule has 1 atom stereocenters. The van der Waals surface area contributed by atoms with Crippen molar-refractivity contribution in [1.82, 2.24) is 14.7 Å². The quantitative estimate of drug-likeness (QED) is 0.848. The van der Waals surface area contributed by atoms with E-state index >= 15 is 0 Å². The van der Waals surface area contributed by atoms with Crippen molar-refractivity contribution in [2.75, 3.05) is 13.3 Å². The Morgan fingerprint density at radius 2 is 2.26 bits per heavy atom. The van der Waals surface area contributed by atoms with Crippen LogP contribution in [0.5, 0.6) is 11.5 Å². The third-order valence-corrected chi connectivity index (χ3v) is 4.58. The van der Waals surface area contributed by atoms with Crippen LogP contribution in [0.25, 0.3) is 0 Å².